The highest BCUT2D eigenvalue weighted by Gasteiger charge is 2.23. The van der Waals surface area contributed by atoms with E-state index in [1.165, 1.54) is 12.0 Å². The fourth-order valence-corrected chi connectivity index (χ4v) is 3.34. The van der Waals surface area contributed by atoms with Crippen LogP contribution >= 0.6 is 0 Å². The van der Waals surface area contributed by atoms with Crippen LogP contribution in [0.4, 0.5) is 0 Å². The van der Waals surface area contributed by atoms with Crippen LogP contribution in [0.25, 0.3) is 0 Å². The van der Waals surface area contributed by atoms with Gasteiger partial charge in [-0.05, 0) is 37.7 Å². The van der Waals surface area contributed by atoms with Crippen LogP contribution in [0.3, 0.4) is 0 Å². The molecule has 1 saturated heterocycles. The highest BCUT2D eigenvalue weighted by molar-refractivity contribution is 5.99. The predicted molar refractivity (Wildman–Crippen MR) is 79.6 cm³/mol. The third kappa shape index (κ3) is 3.66. The lowest BCUT2D eigenvalue weighted by molar-refractivity contribution is 0.0849. The quantitative estimate of drug-likeness (QED) is 0.775. The number of hydrogen-bond acceptors (Lipinski definition) is 2. The maximum atomic E-state index is 12.4. The van der Waals surface area contributed by atoms with Crippen molar-refractivity contribution in [1.82, 2.24) is 4.90 Å². The molecule has 1 aliphatic rings. The molecule has 2 unspecified atom stereocenters. The van der Waals surface area contributed by atoms with Crippen molar-refractivity contribution in [2.45, 2.75) is 34.1 Å². The number of benzene rings is 1. The second kappa shape index (κ2) is 5.87. The molecular weight excluding hydrogens is 234 g/mol. The molecule has 0 amide bonds. The van der Waals surface area contributed by atoms with Gasteiger partial charge in [0.05, 0.1) is 6.54 Å². The Morgan fingerprint density at radius 2 is 1.84 bits per heavy atom. The van der Waals surface area contributed by atoms with Crippen molar-refractivity contribution in [3.63, 3.8) is 0 Å². The number of Topliss-reactive ketones (excluding diaryl/α,β-unsaturated/α-hetero) is 1. The van der Waals surface area contributed by atoms with Gasteiger partial charge in [0, 0.05) is 18.7 Å². The lowest BCUT2D eigenvalue weighted by Gasteiger charge is -2.34. The molecular formula is C17H25NO. The summed E-state index contributed by atoms with van der Waals surface area (Å²) < 4.78 is 0. The first-order chi connectivity index (χ1) is 8.95. The Labute approximate surface area is 116 Å². The zero-order valence-electron chi connectivity index (χ0n) is 12.6. The Kier molecular flexibility index (Phi) is 4.41. The molecule has 0 N–H and O–H groups in total. The molecule has 2 rings (SSSR count). The molecule has 0 aromatic heterocycles. The number of carbonyl (C=O) groups excluding carboxylic acids is 1. The first kappa shape index (κ1) is 14.3. The van der Waals surface area contributed by atoms with Gasteiger partial charge in [-0.3, -0.25) is 9.69 Å². The topological polar surface area (TPSA) is 20.3 Å². The number of likely N-dealkylation sites (tertiary alicyclic amines) is 1. The number of carbonyl (C=O) groups is 1. The minimum Gasteiger partial charge on any atom is -0.295 e. The molecule has 2 atom stereocenters. The summed E-state index contributed by atoms with van der Waals surface area (Å²) in [4.78, 5) is 14.7. The Morgan fingerprint density at radius 3 is 2.42 bits per heavy atom. The number of ketones is 1. The zero-order valence-corrected chi connectivity index (χ0v) is 12.6. The van der Waals surface area contributed by atoms with E-state index in [-0.39, 0.29) is 5.78 Å². The molecule has 1 aromatic carbocycles. The normalized spacial score (nSPS) is 24.4. The third-order valence-corrected chi connectivity index (χ3v) is 3.99. The number of nitrogens with zero attached hydrogens (tertiary/aromatic N) is 1. The van der Waals surface area contributed by atoms with Gasteiger partial charge in [0.25, 0.3) is 0 Å². The Hall–Kier alpha value is -1.15. The fourth-order valence-electron chi connectivity index (χ4n) is 3.34. The SMILES string of the molecule is Cc1ccc(C(=O)CN2CC(C)CC(C)C2)c(C)c1. The molecule has 2 heteroatoms. The smallest absolute Gasteiger partial charge is 0.177 e. The second-order valence-electron chi connectivity index (χ2n) is 6.38. The van der Waals surface area contributed by atoms with Gasteiger partial charge in [-0.15, -0.1) is 0 Å². The predicted octanol–water partition coefficient (Wildman–Crippen LogP) is 3.46. The molecule has 0 aliphatic carbocycles. The van der Waals surface area contributed by atoms with Gasteiger partial charge in [-0.2, -0.15) is 0 Å². The van der Waals surface area contributed by atoms with Crippen LogP contribution in [0.2, 0.25) is 0 Å². The van der Waals surface area contributed by atoms with Crippen LogP contribution in [0.5, 0.6) is 0 Å². The molecule has 0 radical (unpaired) electrons. The van der Waals surface area contributed by atoms with Crippen LogP contribution < -0.4 is 0 Å². The van der Waals surface area contributed by atoms with E-state index in [0.29, 0.717) is 18.4 Å². The minimum atomic E-state index is 0.263. The molecule has 104 valence electrons. The van der Waals surface area contributed by atoms with Gasteiger partial charge in [0.1, 0.15) is 0 Å². The van der Waals surface area contributed by atoms with Crippen molar-refractivity contribution in [3.8, 4) is 0 Å². The third-order valence-electron chi connectivity index (χ3n) is 3.99. The summed E-state index contributed by atoms with van der Waals surface area (Å²) in [7, 11) is 0. The van der Waals surface area contributed by atoms with Crippen molar-refractivity contribution in [3.05, 3.63) is 34.9 Å². The van der Waals surface area contributed by atoms with E-state index < -0.39 is 0 Å². The van der Waals surface area contributed by atoms with E-state index in [9.17, 15) is 4.79 Å². The lowest BCUT2D eigenvalue weighted by Crippen LogP contribution is -2.41. The molecule has 0 saturated carbocycles. The van der Waals surface area contributed by atoms with E-state index in [1.807, 2.05) is 19.1 Å². The van der Waals surface area contributed by atoms with Gasteiger partial charge in [-0.25, -0.2) is 0 Å². The number of aryl methyl sites for hydroxylation is 2. The summed E-state index contributed by atoms with van der Waals surface area (Å²) in [5.41, 5.74) is 3.20. The average Bonchev–Trinajstić information content (AvgIpc) is 2.26. The largest absolute Gasteiger partial charge is 0.295 e. The summed E-state index contributed by atoms with van der Waals surface area (Å²) in [6.07, 6.45) is 1.29. The van der Waals surface area contributed by atoms with E-state index in [4.69, 9.17) is 0 Å². The van der Waals surface area contributed by atoms with Crippen molar-refractivity contribution in [1.29, 1.82) is 0 Å². The van der Waals surface area contributed by atoms with E-state index in [0.717, 1.165) is 24.2 Å². The minimum absolute atomic E-state index is 0.263. The first-order valence-electron chi connectivity index (χ1n) is 7.28. The highest BCUT2D eigenvalue weighted by atomic mass is 16.1. The summed E-state index contributed by atoms with van der Waals surface area (Å²) >= 11 is 0. The molecule has 0 bridgehead atoms. The Morgan fingerprint density at radius 1 is 1.21 bits per heavy atom. The number of hydrogen-bond donors (Lipinski definition) is 0. The first-order valence-corrected chi connectivity index (χ1v) is 7.28. The summed E-state index contributed by atoms with van der Waals surface area (Å²) in [5.74, 6) is 1.67. The Bertz CT molecular complexity index is 456. The summed E-state index contributed by atoms with van der Waals surface area (Å²) in [6, 6.07) is 6.10. The molecule has 19 heavy (non-hydrogen) atoms. The monoisotopic (exact) mass is 259 g/mol. The molecule has 1 aromatic rings. The van der Waals surface area contributed by atoms with Gasteiger partial charge in [0.2, 0.25) is 0 Å². The summed E-state index contributed by atoms with van der Waals surface area (Å²) in [6.45, 7) is 11.3. The van der Waals surface area contributed by atoms with Gasteiger partial charge in [-0.1, -0.05) is 37.6 Å². The van der Waals surface area contributed by atoms with Gasteiger partial charge < -0.3 is 0 Å². The fraction of sp³-hybridized carbons (Fsp3) is 0.588. The molecule has 1 heterocycles. The molecule has 0 spiro atoms. The molecule has 1 fully saturated rings. The van der Waals surface area contributed by atoms with E-state index in [2.05, 4.69) is 31.7 Å². The van der Waals surface area contributed by atoms with Crippen molar-refractivity contribution in [2.75, 3.05) is 19.6 Å². The summed E-state index contributed by atoms with van der Waals surface area (Å²) in [5, 5.41) is 0. The van der Waals surface area contributed by atoms with Crippen LogP contribution in [0.15, 0.2) is 18.2 Å². The zero-order chi connectivity index (χ0) is 14.0. The van der Waals surface area contributed by atoms with E-state index >= 15 is 0 Å². The maximum absolute atomic E-state index is 12.4. The number of piperidine rings is 1. The van der Waals surface area contributed by atoms with Crippen LogP contribution in [-0.2, 0) is 0 Å². The van der Waals surface area contributed by atoms with Gasteiger partial charge in [0.15, 0.2) is 5.78 Å². The van der Waals surface area contributed by atoms with Crippen LogP contribution in [-0.4, -0.2) is 30.3 Å². The lowest BCUT2D eigenvalue weighted by atomic mass is 9.91. The maximum Gasteiger partial charge on any atom is 0.177 e. The standard InChI is InChI=1S/C17H25NO/c1-12-5-6-16(15(4)8-12)17(19)11-18-9-13(2)7-14(3)10-18/h5-6,8,13-14H,7,9-11H2,1-4H3. The van der Waals surface area contributed by atoms with E-state index in [1.54, 1.807) is 0 Å². The second-order valence-corrected chi connectivity index (χ2v) is 6.38. The molecule has 1 aliphatic heterocycles. The highest BCUT2D eigenvalue weighted by Crippen LogP contribution is 2.21. The van der Waals surface area contributed by atoms with Crippen molar-refractivity contribution < 1.29 is 4.79 Å². The van der Waals surface area contributed by atoms with Crippen LogP contribution in [0, 0.1) is 25.7 Å². The number of rotatable bonds is 3. The van der Waals surface area contributed by atoms with Crippen LogP contribution in [0.1, 0.15) is 41.8 Å². The Balaban J connectivity index is 2.04. The average molecular weight is 259 g/mol. The molecule has 2 nitrogen and oxygen atoms in total. The van der Waals surface area contributed by atoms with Crippen molar-refractivity contribution in [2.24, 2.45) is 11.8 Å². The van der Waals surface area contributed by atoms with Crippen molar-refractivity contribution >= 4 is 5.78 Å². The van der Waals surface area contributed by atoms with Gasteiger partial charge >= 0.3 is 0 Å².